The quantitative estimate of drug-likeness (QED) is 0.912. The van der Waals surface area contributed by atoms with Gasteiger partial charge in [-0.3, -0.25) is 4.72 Å². The van der Waals surface area contributed by atoms with E-state index in [0.29, 0.717) is 11.4 Å². The van der Waals surface area contributed by atoms with Gasteiger partial charge in [-0.05, 0) is 36.4 Å². The van der Waals surface area contributed by atoms with Crippen LogP contribution in [0.5, 0.6) is 5.75 Å². The normalized spacial score (nSPS) is 10.3. The molecule has 7 heteroatoms. The van der Waals surface area contributed by atoms with Gasteiger partial charge in [-0.2, -0.15) is 10.5 Å². The van der Waals surface area contributed by atoms with E-state index in [1.165, 1.54) is 24.3 Å². The molecule has 0 atom stereocenters. The van der Waals surface area contributed by atoms with Crippen molar-refractivity contribution in [2.24, 2.45) is 0 Å². The summed E-state index contributed by atoms with van der Waals surface area (Å²) in [7, 11) is -3.85. The average molecular weight is 313 g/mol. The number of sulfonamides is 1. The molecule has 0 aliphatic carbocycles. The van der Waals surface area contributed by atoms with Crippen LogP contribution in [0.4, 0.5) is 5.69 Å². The lowest BCUT2D eigenvalue weighted by Gasteiger charge is -2.10. The molecule has 2 aromatic carbocycles. The molecule has 0 spiro atoms. The van der Waals surface area contributed by atoms with E-state index in [9.17, 15) is 8.42 Å². The Balaban J connectivity index is 2.22. The number of nitrogens with one attached hydrogen (secondary N) is 1. The molecule has 1 N–H and O–H groups in total. The van der Waals surface area contributed by atoms with Crippen LogP contribution in [0.2, 0.25) is 0 Å². The van der Waals surface area contributed by atoms with Crippen molar-refractivity contribution in [3.63, 3.8) is 0 Å². The summed E-state index contributed by atoms with van der Waals surface area (Å²) >= 11 is 0. The van der Waals surface area contributed by atoms with Crippen LogP contribution < -0.4 is 9.46 Å². The van der Waals surface area contributed by atoms with Crippen LogP contribution in [0.15, 0.2) is 53.4 Å². The zero-order chi connectivity index (χ0) is 16.0. The fourth-order valence-electron chi connectivity index (χ4n) is 1.74. The fourth-order valence-corrected chi connectivity index (χ4v) is 2.96. The maximum Gasteiger partial charge on any atom is 0.263 e. The van der Waals surface area contributed by atoms with E-state index in [-0.39, 0.29) is 17.1 Å². The van der Waals surface area contributed by atoms with Gasteiger partial charge in [0.15, 0.2) is 6.61 Å². The molecule has 22 heavy (non-hydrogen) atoms. The number of hydrogen-bond acceptors (Lipinski definition) is 5. The van der Waals surface area contributed by atoms with Crippen LogP contribution in [0.3, 0.4) is 0 Å². The summed E-state index contributed by atoms with van der Waals surface area (Å²) in [6.07, 6.45) is 0. The van der Waals surface area contributed by atoms with Crippen LogP contribution in [-0.4, -0.2) is 15.0 Å². The van der Waals surface area contributed by atoms with Gasteiger partial charge in [0.25, 0.3) is 10.0 Å². The molecule has 0 saturated carbocycles. The minimum Gasteiger partial charge on any atom is -0.479 e. The van der Waals surface area contributed by atoms with Gasteiger partial charge < -0.3 is 4.74 Å². The Hall–Kier alpha value is -3.03. The van der Waals surface area contributed by atoms with Crippen molar-refractivity contribution in [2.45, 2.75) is 4.90 Å². The van der Waals surface area contributed by atoms with Crippen molar-refractivity contribution in [2.75, 3.05) is 11.3 Å². The molecule has 0 radical (unpaired) electrons. The molecular formula is C15H11N3O3S. The molecule has 2 rings (SSSR count). The first-order valence-electron chi connectivity index (χ1n) is 6.18. The molecule has 0 amide bonds. The van der Waals surface area contributed by atoms with E-state index in [1.54, 1.807) is 24.3 Å². The zero-order valence-corrected chi connectivity index (χ0v) is 12.2. The second-order valence-electron chi connectivity index (χ2n) is 4.18. The first kappa shape index (κ1) is 15.4. The zero-order valence-electron chi connectivity index (χ0n) is 11.4. The molecule has 0 aliphatic rings. The molecule has 0 unspecified atom stereocenters. The molecule has 0 fully saturated rings. The third-order valence-corrected chi connectivity index (χ3v) is 4.15. The Kier molecular flexibility index (Phi) is 4.62. The van der Waals surface area contributed by atoms with Crippen LogP contribution in [0.25, 0.3) is 0 Å². The predicted molar refractivity (Wildman–Crippen MR) is 79.5 cm³/mol. The second-order valence-corrected chi connectivity index (χ2v) is 5.84. The Morgan fingerprint density at radius 3 is 2.36 bits per heavy atom. The molecule has 0 bridgehead atoms. The molecular weight excluding hydrogens is 302 g/mol. The van der Waals surface area contributed by atoms with Gasteiger partial charge >= 0.3 is 0 Å². The van der Waals surface area contributed by atoms with Crippen molar-refractivity contribution in [3.8, 4) is 17.9 Å². The van der Waals surface area contributed by atoms with Gasteiger partial charge in [0.2, 0.25) is 0 Å². The van der Waals surface area contributed by atoms with Crippen molar-refractivity contribution >= 4 is 15.7 Å². The molecule has 110 valence electrons. The number of hydrogen-bond donors (Lipinski definition) is 1. The van der Waals surface area contributed by atoms with Gasteiger partial charge in [-0.15, -0.1) is 0 Å². The highest BCUT2D eigenvalue weighted by Crippen LogP contribution is 2.21. The number of anilines is 1. The van der Waals surface area contributed by atoms with Crippen LogP contribution in [-0.2, 0) is 10.0 Å². The van der Waals surface area contributed by atoms with E-state index in [2.05, 4.69) is 4.72 Å². The smallest absolute Gasteiger partial charge is 0.263 e. The van der Waals surface area contributed by atoms with Gasteiger partial charge in [-0.1, -0.05) is 12.1 Å². The summed E-state index contributed by atoms with van der Waals surface area (Å²) in [6, 6.07) is 15.8. The summed E-state index contributed by atoms with van der Waals surface area (Å²) in [5.41, 5.74) is 0.404. The van der Waals surface area contributed by atoms with Crippen molar-refractivity contribution < 1.29 is 13.2 Å². The largest absolute Gasteiger partial charge is 0.479 e. The standard InChI is InChI=1S/C15H11N3O3S/c16-9-10-21-14-7-5-13(6-8-14)18-22(19,20)15-4-2-1-3-12(15)11-17/h1-8,18H,10H2. The van der Waals surface area contributed by atoms with Crippen molar-refractivity contribution in [1.82, 2.24) is 0 Å². The number of nitriles is 2. The molecule has 0 aromatic heterocycles. The minimum atomic E-state index is -3.85. The predicted octanol–water partition coefficient (Wildman–Crippen LogP) is 2.26. The van der Waals surface area contributed by atoms with Crippen LogP contribution in [0.1, 0.15) is 5.56 Å². The molecule has 0 saturated heterocycles. The van der Waals surface area contributed by atoms with Crippen LogP contribution >= 0.6 is 0 Å². The molecule has 2 aromatic rings. The lowest BCUT2D eigenvalue weighted by molar-refractivity contribution is 0.368. The highest BCUT2D eigenvalue weighted by atomic mass is 32.2. The molecule has 0 aliphatic heterocycles. The van der Waals surface area contributed by atoms with E-state index >= 15 is 0 Å². The van der Waals surface area contributed by atoms with Gasteiger partial charge in [0, 0.05) is 5.69 Å². The number of nitrogens with zero attached hydrogens (tertiary/aromatic N) is 2. The number of rotatable bonds is 5. The Labute approximate surface area is 128 Å². The highest BCUT2D eigenvalue weighted by molar-refractivity contribution is 7.92. The summed E-state index contributed by atoms with van der Waals surface area (Å²) in [5.74, 6) is 0.460. The fraction of sp³-hybridized carbons (Fsp3) is 0.0667. The van der Waals surface area contributed by atoms with Crippen molar-refractivity contribution in [1.29, 1.82) is 10.5 Å². The summed E-state index contributed by atoms with van der Waals surface area (Å²) < 4.78 is 32.1. The van der Waals surface area contributed by atoms with Gasteiger partial charge in [-0.25, -0.2) is 8.42 Å². The lowest BCUT2D eigenvalue weighted by atomic mass is 10.2. The van der Waals surface area contributed by atoms with Crippen LogP contribution in [0, 0.1) is 22.7 Å². The molecule has 0 heterocycles. The summed E-state index contributed by atoms with van der Waals surface area (Å²) in [4.78, 5) is -0.0812. The Morgan fingerprint density at radius 2 is 1.73 bits per heavy atom. The van der Waals surface area contributed by atoms with Gasteiger partial charge in [0.05, 0.1) is 5.56 Å². The first-order chi connectivity index (χ1) is 10.6. The monoisotopic (exact) mass is 313 g/mol. The minimum absolute atomic E-state index is 0.0731. The third kappa shape index (κ3) is 3.54. The topological polar surface area (TPSA) is 103 Å². The third-order valence-electron chi connectivity index (χ3n) is 2.71. The Bertz CT molecular complexity index is 847. The SMILES string of the molecule is N#CCOc1ccc(NS(=O)(=O)c2ccccc2C#N)cc1. The van der Waals surface area contributed by atoms with E-state index in [4.69, 9.17) is 15.3 Å². The maximum atomic E-state index is 12.3. The van der Waals surface area contributed by atoms with E-state index < -0.39 is 10.0 Å². The second kappa shape index (κ2) is 6.61. The Morgan fingerprint density at radius 1 is 1.05 bits per heavy atom. The average Bonchev–Trinajstić information content (AvgIpc) is 2.54. The maximum absolute atomic E-state index is 12.3. The van der Waals surface area contributed by atoms with E-state index in [0.717, 1.165) is 0 Å². The van der Waals surface area contributed by atoms with Crippen molar-refractivity contribution in [3.05, 3.63) is 54.1 Å². The van der Waals surface area contributed by atoms with E-state index in [1.807, 2.05) is 12.1 Å². The van der Waals surface area contributed by atoms with Gasteiger partial charge in [0.1, 0.15) is 22.8 Å². The summed E-state index contributed by atoms with van der Waals surface area (Å²) in [6.45, 7) is -0.0827. The lowest BCUT2D eigenvalue weighted by Crippen LogP contribution is -2.14. The number of ether oxygens (including phenoxy) is 1. The summed E-state index contributed by atoms with van der Waals surface area (Å²) in [5, 5.41) is 17.4. The molecule has 6 nitrogen and oxygen atoms in total. The number of benzene rings is 2. The highest BCUT2D eigenvalue weighted by Gasteiger charge is 2.18. The first-order valence-corrected chi connectivity index (χ1v) is 7.67.